The molecule has 0 radical (unpaired) electrons. The van der Waals surface area contributed by atoms with Crippen LogP contribution >= 0.6 is 15.9 Å². The van der Waals surface area contributed by atoms with Crippen molar-refractivity contribution in [1.29, 1.82) is 0 Å². The Morgan fingerprint density at radius 3 is 2.53 bits per heavy atom. The molecule has 0 aliphatic carbocycles. The van der Waals surface area contributed by atoms with E-state index in [2.05, 4.69) is 44.1 Å². The zero-order valence-corrected chi connectivity index (χ0v) is 12.0. The summed E-state index contributed by atoms with van der Waals surface area (Å²) in [5.74, 6) is 1.51. The quantitative estimate of drug-likeness (QED) is 0.770. The van der Waals surface area contributed by atoms with Gasteiger partial charge < -0.3 is 0 Å². The van der Waals surface area contributed by atoms with Crippen molar-refractivity contribution in [3.05, 3.63) is 58.6 Å². The second kappa shape index (κ2) is 4.97. The lowest BCUT2D eigenvalue weighted by atomic mass is 10.1. The molecule has 0 fully saturated rings. The molecule has 0 amide bonds. The molecule has 94 valence electrons. The molecule has 1 aromatic heterocycles. The summed E-state index contributed by atoms with van der Waals surface area (Å²) in [5, 5.41) is 7.26. The van der Waals surface area contributed by atoms with E-state index in [1.165, 1.54) is 5.56 Å². The summed E-state index contributed by atoms with van der Waals surface area (Å²) in [4.78, 5) is 4.54. The second-order valence-corrected chi connectivity index (χ2v) is 5.19. The predicted molar refractivity (Wildman–Crippen MR) is 79.7 cm³/mol. The number of rotatable bonds is 2. The van der Waals surface area contributed by atoms with Crippen LogP contribution in [0.1, 0.15) is 5.56 Å². The van der Waals surface area contributed by atoms with E-state index in [1.807, 2.05) is 42.5 Å². The van der Waals surface area contributed by atoms with Crippen LogP contribution in [0.2, 0.25) is 0 Å². The Kier molecular flexibility index (Phi) is 3.17. The van der Waals surface area contributed by atoms with Gasteiger partial charge in [-0.15, -0.1) is 0 Å². The van der Waals surface area contributed by atoms with Crippen LogP contribution in [0.4, 0.5) is 0 Å². The molecular formula is C15H12BrN3. The smallest absolute Gasteiger partial charge is 0.181 e. The fraction of sp³-hybridized carbons (Fsp3) is 0.0667. The molecule has 0 saturated carbocycles. The first-order valence-corrected chi connectivity index (χ1v) is 6.78. The van der Waals surface area contributed by atoms with Crippen LogP contribution < -0.4 is 0 Å². The van der Waals surface area contributed by atoms with E-state index in [1.54, 1.807) is 0 Å². The van der Waals surface area contributed by atoms with Crippen LogP contribution in [-0.4, -0.2) is 15.2 Å². The largest absolute Gasteiger partial charge is 0.259 e. The summed E-state index contributed by atoms with van der Waals surface area (Å²) in [7, 11) is 0. The molecule has 1 N–H and O–H groups in total. The van der Waals surface area contributed by atoms with Gasteiger partial charge in [0.15, 0.2) is 11.6 Å². The third kappa shape index (κ3) is 2.44. The van der Waals surface area contributed by atoms with Crippen molar-refractivity contribution < 1.29 is 0 Å². The van der Waals surface area contributed by atoms with Gasteiger partial charge in [0.25, 0.3) is 0 Å². The molecule has 3 aromatic rings. The average molecular weight is 314 g/mol. The molecule has 19 heavy (non-hydrogen) atoms. The van der Waals surface area contributed by atoms with Crippen LogP contribution in [0.15, 0.2) is 53.0 Å². The lowest BCUT2D eigenvalue weighted by molar-refractivity contribution is 1.10. The lowest BCUT2D eigenvalue weighted by Crippen LogP contribution is -1.83. The van der Waals surface area contributed by atoms with Crippen molar-refractivity contribution in [2.45, 2.75) is 6.92 Å². The standard InChI is InChI=1S/C15H12BrN3/c1-10-9-12(7-8-13(10)16)15-17-14(18-19-15)11-5-3-2-4-6-11/h2-9H,1H3,(H,17,18,19). The van der Waals surface area contributed by atoms with E-state index in [0.717, 1.165) is 27.2 Å². The van der Waals surface area contributed by atoms with Gasteiger partial charge in [-0.2, -0.15) is 5.10 Å². The molecular weight excluding hydrogens is 302 g/mol. The first-order chi connectivity index (χ1) is 9.24. The van der Waals surface area contributed by atoms with Gasteiger partial charge in [-0.25, -0.2) is 4.98 Å². The third-order valence-corrected chi connectivity index (χ3v) is 3.84. The van der Waals surface area contributed by atoms with Crippen molar-refractivity contribution in [3.63, 3.8) is 0 Å². The maximum absolute atomic E-state index is 4.54. The highest BCUT2D eigenvalue weighted by molar-refractivity contribution is 9.10. The van der Waals surface area contributed by atoms with Crippen molar-refractivity contribution in [3.8, 4) is 22.8 Å². The Balaban J connectivity index is 1.99. The molecule has 0 aliphatic heterocycles. The fourth-order valence-electron chi connectivity index (χ4n) is 1.90. The number of nitrogens with one attached hydrogen (secondary N) is 1. The average Bonchev–Trinajstić information content (AvgIpc) is 2.93. The molecule has 0 spiro atoms. The van der Waals surface area contributed by atoms with Crippen LogP contribution in [0, 0.1) is 6.92 Å². The van der Waals surface area contributed by atoms with Crippen molar-refractivity contribution in [2.75, 3.05) is 0 Å². The zero-order chi connectivity index (χ0) is 13.2. The van der Waals surface area contributed by atoms with Gasteiger partial charge in [0.1, 0.15) is 0 Å². The Morgan fingerprint density at radius 1 is 1.00 bits per heavy atom. The highest BCUT2D eigenvalue weighted by Gasteiger charge is 2.08. The number of aryl methyl sites for hydroxylation is 1. The van der Waals surface area contributed by atoms with Gasteiger partial charge in [-0.3, -0.25) is 5.10 Å². The Morgan fingerprint density at radius 2 is 1.79 bits per heavy atom. The van der Waals surface area contributed by atoms with E-state index in [0.29, 0.717) is 0 Å². The van der Waals surface area contributed by atoms with E-state index in [9.17, 15) is 0 Å². The summed E-state index contributed by atoms with van der Waals surface area (Å²) in [6, 6.07) is 16.1. The summed E-state index contributed by atoms with van der Waals surface area (Å²) in [6.07, 6.45) is 0. The molecule has 1 heterocycles. The number of aromatic nitrogens is 3. The molecule has 3 rings (SSSR count). The van der Waals surface area contributed by atoms with Crippen molar-refractivity contribution >= 4 is 15.9 Å². The van der Waals surface area contributed by atoms with E-state index in [4.69, 9.17) is 0 Å². The normalized spacial score (nSPS) is 10.6. The number of hydrogen-bond donors (Lipinski definition) is 1. The summed E-state index contributed by atoms with van der Waals surface area (Å²) >= 11 is 3.50. The summed E-state index contributed by atoms with van der Waals surface area (Å²) in [6.45, 7) is 2.05. The van der Waals surface area contributed by atoms with Gasteiger partial charge in [0.05, 0.1) is 0 Å². The summed E-state index contributed by atoms with van der Waals surface area (Å²) in [5.41, 5.74) is 3.22. The topological polar surface area (TPSA) is 41.6 Å². The molecule has 3 nitrogen and oxygen atoms in total. The van der Waals surface area contributed by atoms with Gasteiger partial charge in [0, 0.05) is 15.6 Å². The molecule has 0 bridgehead atoms. The lowest BCUT2D eigenvalue weighted by Gasteiger charge is -2.00. The Hall–Kier alpha value is -1.94. The highest BCUT2D eigenvalue weighted by Crippen LogP contribution is 2.24. The van der Waals surface area contributed by atoms with Gasteiger partial charge >= 0.3 is 0 Å². The molecule has 0 atom stereocenters. The third-order valence-electron chi connectivity index (χ3n) is 2.95. The maximum atomic E-state index is 4.54. The van der Waals surface area contributed by atoms with Gasteiger partial charge in [-0.1, -0.05) is 46.3 Å². The SMILES string of the molecule is Cc1cc(-c2n[nH]c(-c3ccccc3)n2)ccc1Br. The van der Waals surface area contributed by atoms with E-state index >= 15 is 0 Å². The first kappa shape index (κ1) is 12.1. The number of aromatic amines is 1. The molecule has 2 aromatic carbocycles. The minimum absolute atomic E-state index is 0.717. The zero-order valence-electron chi connectivity index (χ0n) is 10.4. The highest BCUT2D eigenvalue weighted by atomic mass is 79.9. The first-order valence-electron chi connectivity index (χ1n) is 5.98. The van der Waals surface area contributed by atoms with Crippen molar-refractivity contribution in [1.82, 2.24) is 15.2 Å². The molecule has 0 aliphatic rings. The molecule has 4 heteroatoms. The van der Waals surface area contributed by atoms with E-state index < -0.39 is 0 Å². The van der Waals surface area contributed by atoms with E-state index in [-0.39, 0.29) is 0 Å². The van der Waals surface area contributed by atoms with Gasteiger partial charge in [0.2, 0.25) is 0 Å². The monoisotopic (exact) mass is 313 g/mol. The maximum Gasteiger partial charge on any atom is 0.181 e. The van der Waals surface area contributed by atoms with Crippen LogP contribution in [-0.2, 0) is 0 Å². The Bertz CT molecular complexity index is 704. The number of nitrogens with zero attached hydrogens (tertiary/aromatic N) is 2. The van der Waals surface area contributed by atoms with Crippen LogP contribution in [0.25, 0.3) is 22.8 Å². The molecule has 0 unspecified atom stereocenters. The predicted octanol–water partition coefficient (Wildman–Crippen LogP) is 4.21. The number of hydrogen-bond acceptors (Lipinski definition) is 2. The van der Waals surface area contributed by atoms with Crippen molar-refractivity contribution in [2.24, 2.45) is 0 Å². The second-order valence-electron chi connectivity index (χ2n) is 4.34. The van der Waals surface area contributed by atoms with Gasteiger partial charge in [-0.05, 0) is 30.7 Å². The number of halogens is 1. The number of H-pyrrole nitrogens is 1. The fourth-order valence-corrected chi connectivity index (χ4v) is 2.15. The minimum Gasteiger partial charge on any atom is -0.259 e. The summed E-state index contributed by atoms with van der Waals surface area (Å²) < 4.78 is 1.09. The van der Waals surface area contributed by atoms with Crippen LogP contribution in [0.5, 0.6) is 0 Å². The minimum atomic E-state index is 0.717. The molecule has 0 saturated heterocycles. The number of benzene rings is 2. The van der Waals surface area contributed by atoms with Crippen LogP contribution in [0.3, 0.4) is 0 Å². The Labute approximate surface area is 119 Å².